The fraction of sp³-hybridized carbons (Fsp3) is 0. The third-order valence-corrected chi connectivity index (χ3v) is 2.88. The zero-order valence-electron chi connectivity index (χ0n) is 10.4. The van der Waals surface area contributed by atoms with Crippen LogP contribution in [0.3, 0.4) is 0 Å². The molecule has 0 fully saturated rings. The zero-order chi connectivity index (χ0) is 13.9. The van der Waals surface area contributed by atoms with Gasteiger partial charge in [0, 0.05) is 10.9 Å². The van der Waals surface area contributed by atoms with E-state index >= 15 is 0 Å². The van der Waals surface area contributed by atoms with E-state index in [2.05, 4.69) is 15.3 Å². The van der Waals surface area contributed by atoms with E-state index in [-0.39, 0.29) is 11.7 Å². The molecule has 1 N–H and O–H groups in total. The molecule has 0 radical (unpaired) electrons. The van der Waals surface area contributed by atoms with Crippen LogP contribution < -0.4 is 5.32 Å². The number of anilines is 1. The predicted molar refractivity (Wildman–Crippen MR) is 73.9 cm³/mol. The molecule has 0 atom stereocenters. The summed E-state index contributed by atoms with van der Waals surface area (Å²) in [4.78, 5) is 20.3. The Morgan fingerprint density at radius 1 is 1.00 bits per heavy atom. The molecule has 1 aromatic heterocycles. The predicted octanol–water partition coefficient (Wildman–Crippen LogP) is 3.02. The quantitative estimate of drug-likeness (QED) is 0.776. The third kappa shape index (κ3) is 2.33. The Hall–Kier alpha value is -2.82. The first-order valence-corrected chi connectivity index (χ1v) is 6.01. The molecule has 0 unspecified atom stereocenters. The lowest BCUT2D eigenvalue weighted by atomic mass is 10.2. The van der Waals surface area contributed by atoms with Crippen molar-refractivity contribution in [3.8, 4) is 0 Å². The molecule has 3 rings (SSSR count). The average Bonchev–Trinajstić information content (AvgIpc) is 2.48. The number of amides is 1. The van der Waals surface area contributed by atoms with Crippen LogP contribution in [-0.2, 0) is 0 Å². The SMILES string of the molecule is O=C(Nc1ncnc2ccccc12)c1ccc(F)cc1. The summed E-state index contributed by atoms with van der Waals surface area (Å²) in [5.74, 6) is -0.284. The van der Waals surface area contributed by atoms with Crippen LogP contribution >= 0.6 is 0 Å². The lowest BCUT2D eigenvalue weighted by molar-refractivity contribution is 0.102. The molecular weight excluding hydrogens is 257 g/mol. The van der Waals surface area contributed by atoms with Gasteiger partial charge < -0.3 is 5.32 Å². The highest BCUT2D eigenvalue weighted by molar-refractivity contribution is 6.07. The summed E-state index contributed by atoms with van der Waals surface area (Å²) in [6.45, 7) is 0. The Bertz CT molecular complexity index is 766. The summed E-state index contributed by atoms with van der Waals surface area (Å²) in [6.07, 6.45) is 1.39. The first-order chi connectivity index (χ1) is 9.74. The number of para-hydroxylation sites is 1. The summed E-state index contributed by atoms with van der Waals surface area (Å²) in [5, 5.41) is 3.46. The highest BCUT2D eigenvalue weighted by Crippen LogP contribution is 2.19. The number of aromatic nitrogens is 2. The number of fused-ring (bicyclic) bond motifs is 1. The Labute approximate surface area is 114 Å². The maximum Gasteiger partial charge on any atom is 0.256 e. The van der Waals surface area contributed by atoms with Crippen molar-refractivity contribution in [1.82, 2.24) is 9.97 Å². The number of hydrogen-bond acceptors (Lipinski definition) is 3. The second-order valence-corrected chi connectivity index (χ2v) is 4.20. The molecule has 0 saturated heterocycles. The minimum atomic E-state index is -0.381. The van der Waals surface area contributed by atoms with E-state index in [0.29, 0.717) is 11.4 Å². The number of carbonyl (C=O) groups excluding carboxylic acids is 1. The van der Waals surface area contributed by atoms with Gasteiger partial charge in [-0.15, -0.1) is 0 Å². The largest absolute Gasteiger partial charge is 0.306 e. The summed E-state index contributed by atoms with van der Waals surface area (Å²) in [5.41, 5.74) is 1.12. The number of benzene rings is 2. The van der Waals surface area contributed by atoms with E-state index in [0.717, 1.165) is 10.9 Å². The first kappa shape index (κ1) is 12.2. The van der Waals surface area contributed by atoms with Crippen LogP contribution in [0.5, 0.6) is 0 Å². The fourth-order valence-corrected chi connectivity index (χ4v) is 1.89. The van der Waals surface area contributed by atoms with Gasteiger partial charge in [0.25, 0.3) is 5.91 Å². The molecule has 0 saturated carbocycles. The Morgan fingerprint density at radius 3 is 2.55 bits per heavy atom. The standard InChI is InChI=1S/C15H10FN3O/c16-11-7-5-10(6-8-11)15(20)19-14-12-3-1-2-4-13(12)17-9-18-14/h1-9H,(H,17,18,19,20). The van der Waals surface area contributed by atoms with Crippen LogP contribution in [0.4, 0.5) is 10.2 Å². The van der Waals surface area contributed by atoms with Crippen molar-refractivity contribution < 1.29 is 9.18 Å². The third-order valence-electron chi connectivity index (χ3n) is 2.88. The van der Waals surface area contributed by atoms with Gasteiger partial charge in [0.05, 0.1) is 5.52 Å². The molecule has 0 spiro atoms. The van der Waals surface area contributed by atoms with Crippen LogP contribution in [-0.4, -0.2) is 15.9 Å². The number of halogens is 1. The van der Waals surface area contributed by atoms with Gasteiger partial charge in [-0.1, -0.05) is 12.1 Å². The van der Waals surface area contributed by atoms with Gasteiger partial charge in [0.1, 0.15) is 18.0 Å². The molecule has 0 aliphatic rings. The van der Waals surface area contributed by atoms with Crippen molar-refractivity contribution in [2.24, 2.45) is 0 Å². The van der Waals surface area contributed by atoms with Crippen molar-refractivity contribution in [3.63, 3.8) is 0 Å². The molecule has 20 heavy (non-hydrogen) atoms. The maximum absolute atomic E-state index is 12.8. The lowest BCUT2D eigenvalue weighted by Crippen LogP contribution is -2.13. The molecular formula is C15H10FN3O. The highest BCUT2D eigenvalue weighted by Gasteiger charge is 2.09. The van der Waals surface area contributed by atoms with Crippen LogP contribution in [0, 0.1) is 5.82 Å². The van der Waals surface area contributed by atoms with Crippen LogP contribution in [0.15, 0.2) is 54.9 Å². The van der Waals surface area contributed by atoms with E-state index < -0.39 is 0 Å². The molecule has 0 bridgehead atoms. The first-order valence-electron chi connectivity index (χ1n) is 6.01. The van der Waals surface area contributed by atoms with Gasteiger partial charge in [-0.3, -0.25) is 4.79 Å². The number of nitrogens with one attached hydrogen (secondary N) is 1. The van der Waals surface area contributed by atoms with Crippen LogP contribution in [0.2, 0.25) is 0 Å². The van der Waals surface area contributed by atoms with E-state index in [9.17, 15) is 9.18 Å². The number of carbonyl (C=O) groups is 1. The lowest BCUT2D eigenvalue weighted by Gasteiger charge is -2.07. The van der Waals surface area contributed by atoms with Crippen LogP contribution in [0.1, 0.15) is 10.4 Å². The molecule has 4 nitrogen and oxygen atoms in total. The summed E-state index contributed by atoms with van der Waals surface area (Å²) in [7, 11) is 0. The van der Waals surface area contributed by atoms with Gasteiger partial charge in [-0.25, -0.2) is 14.4 Å². The number of nitrogens with zero attached hydrogens (tertiary/aromatic N) is 2. The van der Waals surface area contributed by atoms with Crippen molar-refractivity contribution in [2.45, 2.75) is 0 Å². The zero-order valence-corrected chi connectivity index (χ0v) is 10.4. The highest BCUT2D eigenvalue weighted by atomic mass is 19.1. The van der Waals surface area contributed by atoms with Crippen molar-refractivity contribution in [2.75, 3.05) is 5.32 Å². The maximum atomic E-state index is 12.8. The minimum absolute atomic E-state index is 0.339. The van der Waals surface area contributed by atoms with Gasteiger partial charge in [0.2, 0.25) is 0 Å². The summed E-state index contributed by atoms with van der Waals surface area (Å²) < 4.78 is 12.8. The molecule has 98 valence electrons. The Morgan fingerprint density at radius 2 is 1.75 bits per heavy atom. The second-order valence-electron chi connectivity index (χ2n) is 4.20. The normalized spacial score (nSPS) is 10.4. The minimum Gasteiger partial charge on any atom is -0.306 e. The monoisotopic (exact) mass is 267 g/mol. The van der Waals surface area contributed by atoms with Gasteiger partial charge in [-0.2, -0.15) is 0 Å². The fourth-order valence-electron chi connectivity index (χ4n) is 1.89. The summed E-state index contributed by atoms with van der Waals surface area (Å²) >= 11 is 0. The van der Waals surface area contributed by atoms with Crippen LogP contribution in [0.25, 0.3) is 10.9 Å². The Balaban J connectivity index is 1.93. The second kappa shape index (κ2) is 5.05. The molecule has 0 aliphatic heterocycles. The van der Waals surface area contributed by atoms with E-state index in [1.807, 2.05) is 24.3 Å². The molecule has 1 amide bonds. The van der Waals surface area contributed by atoms with Gasteiger partial charge >= 0.3 is 0 Å². The Kier molecular flexibility index (Phi) is 3.09. The van der Waals surface area contributed by atoms with Crippen molar-refractivity contribution in [3.05, 3.63) is 66.2 Å². The molecule has 0 aliphatic carbocycles. The smallest absolute Gasteiger partial charge is 0.256 e. The number of hydrogen-bond donors (Lipinski definition) is 1. The molecule has 1 heterocycles. The van der Waals surface area contributed by atoms with E-state index in [4.69, 9.17) is 0 Å². The number of rotatable bonds is 2. The van der Waals surface area contributed by atoms with E-state index in [1.165, 1.54) is 30.6 Å². The topological polar surface area (TPSA) is 54.9 Å². The molecule has 2 aromatic carbocycles. The molecule has 3 aromatic rings. The van der Waals surface area contributed by atoms with Gasteiger partial charge in [0.15, 0.2) is 0 Å². The van der Waals surface area contributed by atoms with E-state index in [1.54, 1.807) is 0 Å². The van der Waals surface area contributed by atoms with Gasteiger partial charge in [-0.05, 0) is 36.4 Å². The molecule has 5 heteroatoms. The summed E-state index contributed by atoms with van der Waals surface area (Å²) in [6, 6.07) is 12.7. The van der Waals surface area contributed by atoms with Crippen molar-refractivity contribution >= 4 is 22.6 Å². The average molecular weight is 267 g/mol. The van der Waals surface area contributed by atoms with Crippen molar-refractivity contribution in [1.29, 1.82) is 0 Å².